The van der Waals surface area contributed by atoms with E-state index in [1.54, 1.807) is 0 Å². The molecule has 0 unspecified atom stereocenters. The van der Waals surface area contributed by atoms with Crippen LogP contribution in [0.4, 0.5) is 0 Å². The number of hydrogen-bond donors (Lipinski definition) is 0. The third-order valence-corrected chi connectivity index (χ3v) is 2.42. The molecular formula is C13H14. The lowest BCUT2D eigenvalue weighted by molar-refractivity contribution is 1.14. The molecule has 0 aromatic heterocycles. The zero-order valence-electron chi connectivity index (χ0n) is 8.17. The Morgan fingerprint density at radius 2 is 2.00 bits per heavy atom. The first kappa shape index (κ1) is 8.31. The lowest BCUT2D eigenvalue weighted by Crippen LogP contribution is -1.90. The summed E-state index contributed by atoms with van der Waals surface area (Å²) in [7, 11) is 0. The molecule has 0 heteroatoms. The molecule has 0 amide bonds. The molecule has 1 aromatic rings. The fourth-order valence-electron chi connectivity index (χ4n) is 1.73. The second kappa shape index (κ2) is 3.21. The minimum atomic E-state index is 1.09. The van der Waals surface area contributed by atoms with E-state index in [1.165, 1.54) is 22.3 Å². The van der Waals surface area contributed by atoms with E-state index in [0.29, 0.717) is 0 Å². The van der Waals surface area contributed by atoms with Crippen LogP contribution in [-0.4, -0.2) is 0 Å². The zero-order chi connectivity index (χ0) is 9.26. The molecule has 1 aliphatic rings. The second-order valence-corrected chi connectivity index (χ2v) is 3.75. The van der Waals surface area contributed by atoms with Gasteiger partial charge in [0.05, 0.1) is 0 Å². The van der Waals surface area contributed by atoms with E-state index in [1.807, 2.05) is 0 Å². The van der Waals surface area contributed by atoms with E-state index in [0.717, 1.165) is 6.42 Å². The third-order valence-electron chi connectivity index (χ3n) is 2.42. The maximum Gasteiger partial charge on any atom is -0.00607 e. The van der Waals surface area contributed by atoms with Crippen molar-refractivity contribution in [3.8, 4) is 0 Å². The van der Waals surface area contributed by atoms with Crippen molar-refractivity contribution in [2.75, 3.05) is 0 Å². The predicted octanol–water partition coefficient (Wildman–Crippen LogP) is 3.51. The molecule has 0 radical (unpaired) electrons. The first-order valence-corrected chi connectivity index (χ1v) is 4.69. The van der Waals surface area contributed by atoms with Crippen LogP contribution in [0.3, 0.4) is 0 Å². The Bertz CT molecular complexity index is 381. The van der Waals surface area contributed by atoms with Gasteiger partial charge in [0.25, 0.3) is 0 Å². The van der Waals surface area contributed by atoms with Crippen LogP contribution in [0, 0.1) is 6.92 Å². The van der Waals surface area contributed by atoms with Crippen molar-refractivity contribution in [1.29, 1.82) is 0 Å². The maximum absolute atomic E-state index is 2.28. The van der Waals surface area contributed by atoms with Crippen LogP contribution in [0.5, 0.6) is 0 Å². The smallest absolute Gasteiger partial charge is 0.00607 e. The molecule has 0 N–H and O–H groups in total. The average Bonchev–Trinajstić information content (AvgIpc) is 2.25. The predicted molar refractivity (Wildman–Crippen MR) is 57.7 cm³/mol. The molecule has 0 atom stereocenters. The molecule has 0 bridgehead atoms. The summed E-state index contributed by atoms with van der Waals surface area (Å²) in [6, 6.07) is 6.65. The topological polar surface area (TPSA) is 0 Å². The highest BCUT2D eigenvalue weighted by molar-refractivity contribution is 5.58. The van der Waals surface area contributed by atoms with E-state index >= 15 is 0 Å². The van der Waals surface area contributed by atoms with Gasteiger partial charge >= 0.3 is 0 Å². The molecule has 0 spiro atoms. The molecular weight excluding hydrogens is 156 g/mol. The number of aryl methyl sites for hydroxylation is 1. The summed E-state index contributed by atoms with van der Waals surface area (Å²) < 4.78 is 0. The number of fused-ring (bicyclic) bond motifs is 1. The van der Waals surface area contributed by atoms with Crippen LogP contribution in [0.1, 0.15) is 23.6 Å². The van der Waals surface area contributed by atoms with Gasteiger partial charge in [0.2, 0.25) is 0 Å². The van der Waals surface area contributed by atoms with Crippen LogP contribution >= 0.6 is 0 Å². The van der Waals surface area contributed by atoms with Crippen LogP contribution in [0.2, 0.25) is 0 Å². The number of hydrogen-bond acceptors (Lipinski definition) is 0. The van der Waals surface area contributed by atoms with Crippen LogP contribution in [0.15, 0.2) is 35.9 Å². The van der Waals surface area contributed by atoms with E-state index in [-0.39, 0.29) is 0 Å². The van der Waals surface area contributed by atoms with Crippen molar-refractivity contribution in [2.45, 2.75) is 20.3 Å². The Morgan fingerprint density at radius 3 is 2.85 bits per heavy atom. The largest absolute Gasteiger partial charge is 0.0689 e. The van der Waals surface area contributed by atoms with Gasteiger partial charge in [-0.1, -0.05) is 47.6 Å². The first-order valence-electron chi connectivity index (χ1n) is 4.69. The molecule has 0 fully saturated rings. The summed E-state index contributed by atoms with van der Waals surface area (Å²) in [6.07, 6.45) is 7.60. The van der Waals surface area contributed by atoms with Crippen LogP contribution < -0.4 is 0 Å². The molecule has 0 saturated carbocycles. The molecule has 13 heavy (non-hydrogen) atoms. The number of rotatable bonds is 0. The van der Waals surface area contributed by atoms with Gasteiger partial charge in [0, 0.05) is 0 Å². The van der Waals surface area contributed by atoms with Gasteiger partial charge in [-0.25, -0.2) is 0 Å². The Labute approximate surface area is 79.6 Å². The summed E-state index contributed by atoms with van der Waals surface area (Å²) in [6.45, 7) is 4.33. The highest BCUT2D eigenvalue weighted by atomic mass is 14.1. The first-order chi connectivity index (χ1) is 6.25. The molecule has 0 heterocycles. The van der Waals surface area contributed by atoms with Crippen molar-refractivity contribution in [3.63, 3.8) is 0 Å². The van der Waals surface area contributed by atoms with Gasteiger partial charge in [-0.3, -0.25) is 0 Å². The molecule has 66 valence electrons. The van der Waals surface area contributed by atoms with Gasteiger partial charge in [0.15, 0.2) is 0 Å². The van der Waals surface area contributed by atoms with E-state index in [4.69, 9.17) is 0 Å². The van der Waals surface area contributed by atoms with Crippen molar-refractivity contribution >= 4 is 6.08 Å². The maximum atomic E-state index is 2.28. The van der Waals surface area contributed by atoms with Gasteiger partial charge in [-0.05, 0) is 31.4 Å². The van der Waals surface area contributed by atoms with Gasteiger partial charge in [-0.15, -0.1) is 0 Å². The summed E-state index contributed by atoms with van der Waals surface area (Å²) in [5.74, 6) is 0. The van der Waals surface area contributed by atoms with Crippen molar-refractivity contribution in [3.05, 3.63) is 52.6 Å². The molecule has 0 aliphatic heterocycles. The van der Waals surface area contributed by atoms with E-state index in [9.17, 15) is 0 Å². The van der Waals surface area contributed by atoms with Crippen molar-refractivity contribution in [1.82, 2.24) is 0 Å². The molecule has 1 aromatic carbocycles. The summed E-state index contributed by atoms with van der Waals surface area (Å²) in [5, 5.41) is 0. The molecule has 0 nitrogen and oxygen atoms in total. The minimum absolute atomic E-state index is 1.09. The number of benzene rings is 1. The Morgan fingerprint density at radius 1 is 1.15 bits per heavy atom. The highest BCUT2D eigenvalue weighted by Gasteiger charge is 2.03. The SMILES string of the molecule is CC1=CC=Cc2ccc(C)cc2C1. The molecule has 2 rings (SSSR count). The van der Waals surface area contributed by atoms with Gasteiger partial charge in [-0.2, -0.15) is 0 Å². The second-order valence-electron chi connectivity index (χ2n) is 3.75. The lowest BCUT2D eigenvalue weighted by atomic mass is 10.0. The van der Waals surface area contributed by atoms with E-state index in [2.05, 4.69) is 50.3 Å². The fraction of sp³-hybridized carbons (Fsp3) is 0.231. The number of allylic oxidation sites excluding steroid dienone is 3. The van der Waals surface area contributed by atoms with Crippen molar-refractivity contribution < 1.29 is 0 Å². The Kier molecular flexibility index (Phi) is 2.05. The Balaban J connectivity index is 2.51. The standard InChI is InChI=1S/C13H14/c1-10-4-3-5-12-7-6-11(2)9-13(12)8-10/h3-7,9H,8H2,1-2H3. The summed E-state index contributed by atoms with van der Waals surface area (Å²) >= 11 is 0. The zero-order valence-corrected chi connectivity index (χ0v) is 8.17. The summed E-state index contributed by atoms with van der Waals surface area (Å²) in [5.41, 5.74) is 5.59. The van der Waals surface area contributed by atoms with Crippen molar-refractivity contribution in [2.24, 2.45) is 0 Å². The monoisotopic (exact) mass is 170 g/mol. The Hall–Kier alpha value is -1.30. The van der Waals surface area contributed by atoms with Gasteiger partial charge < -0.3 is 0 Å². The highest BCUT2D eigenvalue weighted by Crippen LogP contribution is 2.20. The normalized spacial score (nSPS) is 14.8. The third kappa shape index (κ3) is 1.72. The molecule has 0 saturated heterocycles. The summed E-state index contributed by atoms with van der Waals surface area (Å²) in [4.78, 5) is 0. The van der Waals surface area contributed by atoms with Crippen LogP contribution in [-0.2, 0) is 6.42 Å². The van der Waals surface area contributed by atoms with E-state index < -0.39 is 0 Å². The van der Waals surface area contributed by atoms with Crippen LogP contribution in [0.25, 0.3) is 6.08 Å². The van der Waals surface area contributed by atoms with Gasteiger partial charge in [0.1, 0.15) is 0 Å². The lowest BCUT2D eigenvalue weighted by Gasteiger charge is -2.05. The quantitative estimate of drug-likeness (QED) is 0.559. The minimum Gasteiger partial charge on any atom is -0.0689 e. The average molecular weight is 170 g/mol. The molecule has 1 aliphatic carbocycles. The fourth-order valence-corrected chi connectivity index (χ4v) is 1.73.